The van der Waals surface area contributed by atoms with Gasteiger partial charge in [0.05, 0.1) is 6.04 Å². The molecule has 0 rings (SSSR count). The molecule has 13 nitrogen and oxygen atoms in total. The third-order valence-electron chi connectivity index (χ3n) is 5.01. The van der Waals surface area contributed by atoms with Crippen LogP contribution >= 0.6 is 12.6 Å². The minimum Gasteiger partial charge on any atom is -0.480 e. The van der Waals surface area contributed by atoms with Gasteiger partial charge in [-0.05, 0) is 51.0 Å². The number of aliphatic carboxylic acids is 1. The summed E-state index contributed by atoms with van der Waals surface area (Å²) in [5.41, 5.74) is 21.8. The number of carbonyl (C=O) groups is 4. The number of unbranched alkanes of at least 4 members (excludes halogenated alkanes) is 1. The predicted molar refractivity (Wildman–Crippen MR) is 138 cm³/mol. The van der Waals surface area contributed by atoms with Gasteiger partial charge in [-0.15, -0.1) is 0 Å². The molecule has 0 bridgehead atoms. The monoisotopic (exact) mass is 518 g/mol. The summed E-state index contributed by atoms with van der Waals surface area (Å²) in [4.78, 5) is 53.7. The molecule has 0 aliphatic carbocycles. The summed E-state index contributed by atoms with van der Waals surface area (Å²) in [5, 5.41) is 17.2. The largest absolute Gasteiger partial charge is 0.480 e. The first kappa shape index (κ1) is 32.4. The van der Waals surface area contributed by atoms with Gasteiger partial charge in [0.2, 0.25) is 17.7 Å². The van der Waals surface area contributed by atoms with Gasteiger partial charge < -0.3 is 44.0 Å². The lowest BCUT2D eigenvalue weighted by molar-refractivity contribution is -0.142. The van der Waals surface area contributed by atoms with E-state index < -0.39 is 47.9 Å². The Morgan fingerprint density at radius 3 is 1.94 bits per heavy atom. The molecule has 0 aromatic carbocycles. The Labute approximate surface area is 212 Å². The molecule has 0 saturated heterocycles. The van der Waals surface area contributed by atoms with Crippen molar-refractivity contribution in [3.05, 3.63) is 0 Å². The summed E-state index contributed by atoms with van der Waals surface area (Å²) in [5.74, 6) is -2.95. The van der Waals surface area contributed by atoms with Crippen molar-refractivity contribution in [2.24, 2.45) is 33.8 Å². The molecule has 35 heavy (non-hydrogen) atoms. The van der Waals surface area contributed by atoms with Gasteiger partial charge in [0, 0.05) is 12.3 Å². The first-order valence-corrected chi connectivity index (χ1v) is 12.3. The average molecular weight is 519 g/mol. The van der Waals surface area contributed by atoms with Gasteiger partial charge in [-0.2, -0.15) is 12.6 Å². The second-order valence-corrected chi connectivity index (χ2v) is 9.04. The fourth-order valence-corrected chi connectivity index (χ4v) is 3.30. The molecule has 0 heterocycles. The highest BCUT2D eigenvalue weighted by Gasteiger charge is 2.30. The topological polar surface area (TPSA) is 241 Å². The Balaban J connectivity index is 5.55. The molecule has 0 aromatic rings. The van der Waals surface area contributed by atoms with Crippen molar-refractivity contribution >= 4 is 42.3 Å². The van der Waals surface area contributed by atoms with Gasteiger partial charge in [-0.3, -0.25) is 19.4 Å². The van der Waals surface area contributed by atoms with Crippen LogP contribution in [-0.4, -0.2) is 77.8 Å². The number of hydrogen-bond donors (Lipinski definition) is 9. The number of thiol groups is 1. The molecule has 0 aromatic heterocycles. The number of rotatable bonds is 18. The number of nitrogens with one attached hydrogen (secondary N) is 3. The van der Waals surface area contributed by atoms with Crippen LogP contribution in [0.1, 0.15) is 52.4 Å². The number of aliphatic imine (C=N–C) groups is 1. The molecule has 0 radical (unpaired) electrons. The summed E-state index contributed by atoms with van der Waals surface area (Å²) >= 11 is 4.00. The van der Waals surface area contributed by atoms with Crippen LogP contribution in [0.25, 0.3) is 0 Å². The fourth-order valence-electron chi connectivity index (χ4n) is 3.13. The van der Waals surface area contributed by atoms with Crippen LogP contribution in [0.3, 0.4) is 0 Å². The summed E-state index contributed by atoms with van der Waals surface area (Å²) in [6.07, 6.45) is 2.11. The summed E-state index contributed by atoms with van der Waals surface area (Å²) in [7, 11) is 0. The van der Waals surface area contributed by atoms with E-state index in [0.29, 0.717) is 32.2 Å². The second-order valence-electron chi connectivity index (χ2n) is 8.67. The smallest absolute Gasteiger partial charge is 0.326 e. The molecule has 0 fully saturated rings. The molecule has 0 spiro atoms. The average Bonchev–Trinajstić information content (AvgIpc) is 2.78. The van der Waals surface area contributed by atoms with E-state index in [4.69, 9.17) is 22.9 Å². The Bertz CT molecular complexity index is 718. The van der Waals surface area contributed by atoms with Crippen molar-refractivity contribution in [2.75, 3.05) is 18.8 Å². The van der Waals surface area contributed by atoms with Crippen molar-refractivity contribution in [3.8, 4) is 0 Å². The van der Waals surface area contributed by atoms with E-state index >= 15 is 0 Å². The van der Waals surface area contributed by atoms with E-state index in [-0.39, 0.29) is 37.0 Å². The number of nitrogens with zero attached hydrogens (tertiary/aromatic N) is 1. The first-order chi connectivity index (χ1) is 16.4. The van der Waals surface area contributed by atoms with E-state index in [0.717, 1.165) is 0 Å². The van der Waals surface area contributed by atoms with Crippen molar-refractivity contribution in [1.82, 2.24) is 16.0 Å². The molecular weight excluding hydrogens is 476 g/mol. The summed E-state index contributed by atoms with van der Waals surface area (Å²) in [6.45, 7) is 4.37. The van der Waals surface area contributed by atoms with Gasteiger partial charge in [0.15, 0.2) is 5.96 Å². The number of hydrogen-bond acceptors (Lipinski definition) is 8. The van der Waals surface area contributed by atoms with Gasteiger partial charge >= 0.3 is 5.97 Å². The third kappa shape index (κ3) is 14.4. The van der Waals surface area contributed by atoms with Crippen LogP contribution < -0.4 is 38.9 Å². The van der Waals surface area contributed by atoms with Crippen molar-refractivity contribution in [3.63, 3.8) is 0 Å². The molecule has 4 unspecified atom stereocenters. The Morgan fingerprint density at radius 1 is 0.886 bits per heavy atom. The maximum Gasteiger partial charge on any atom is 0.326 e. The van der Waals surface area contributed by atoms with Crippen LogP contribution in [0, 0.1) is 5.92 Å². The molecule has 0 saturated carbocycles. The zero-order valence-electron chi connectivity index (χ0n) is 20.5. The lowest BCUT2D eigenvalue weighted by Crippen LogP contribution is -2.57. The van der Waals surface area contributed by atoms with E-state index in [1.54, 1.807) is 0 Å². The first-order valence-electron chi connectivity index (χ1n) is 11.7. The third-order valence-corrected chi connectivity index (χ3v) is 5.41. The lowest BCUT2D eigenvalue weighted by atomic mass is 10.0. The van der Waals surface area contributed by atoms with Crippen LogP contribution in [0.4, 0.5) is 0 Å². The molecular formula is C21H42N8O5S. The van der Waals surface area contributed by atoms with Crippen LogP contribution in [-0.2, 0) is 19.2 Å². The molecule has 202 valence electrons. The van der Waals surface area contributed by atoms with E-state index in [1.807, 2.05) is 13.8 Å². The molecule has 0 aliphatic rings. The lowest BCUT2D eigenvalue weighted by Gasteiger charge is -2.26. The van der Waals surface area contributed by atoms with E-state index in [2.05, 4.69) is 33.6 Å². The van der Waals surface area contributed by atoms with Gasteiger partial charge in [0.1, 0.15) is 18.1 Å². The van der Waals surface area contributed by atoms with Gasteiger partial charge in [-0.25, -0.2) is 4.79 Å². The molecule has 0 aliphatic heterocycles. The van der Waals surface area contributed by atoms with Crippen LogP contribution in [0.5, 0.6) is 0 Å². The number of amides is 3. The van der Waals surface area contributed by atoms with E-state index in [9.17, 15) is 24.3 Å². The number of carboxylic acids is 1. The molecule has 4 atom stereocenters. The fraction of sp³-hybridized carbons (Fsp3) is 0.762. The summed E-state index contributed by atoms with van der Waals surface area (Å²) < 4.78 is 0. The molecule has 3 amide bonds. The minimum atomic E-state index is -1.19. The van der Waals surface area contributed by atoms with Crippen LogP contribution in [0.2, 0.25) is 0 Å². The SMILES string of the molecule is CC(C)CC(NC(=O)C(N)CS)C(=O)NC(CCCN=C(N)N)C(=O)NC(CCCCN)C(=O)O. The standard InChI is InChI=1S/C21H42N8O5S/c1-12(2)10-16(29-17(30)13(23)11-35)19(32)27-14(7-5-9-26-21(24)25)18(31)28-15(20(33)34)6-3-4-8-22/h12-16,35H,3-11,22-23H2,1-2H3,(H,27,32)(H,28,31)(H,29,30)(H,33,34)(H4,24,25,26). The van der Waals surface area contributed by atoms with Gasteiger partial charge in [-0.1, -0.05) is 13.8 Å². The normalized spacial score (nSPS) is 14.3. The zero-order valence-corrected chi connectivity index (χ0v) is 21.4. The highest BCUT2D eigenvalue weighted by molar-refractivity contribution is 7.80. The predicted octanol–water partition coefficient (Wildman–Crippen LogP) is -1.99. The Hall–Kier alpha value is -2.58. The Morgan fingerprint density at radius 2 is 1.43 bits per heavy atom. The minimum absolute atomic E-state index is 0.0476. The second kappa shape index (κ2) is 17.8. The molecule has 12 N–H and O–H groups in total. The van der Waals surface area contributed by atoms with Gasteiger partial charge in [0.25, 0.3) is 0 Å². The highest BCUT2D eigenvalue weighted by Crippen LogP contribution is 2.09. The van der Waals surface area contributed by atoms with Crippen molar-refractivity contribution in [2.45, 2.75) is 76.5 Å². The highest BCUT2D eigenvalue weighted by atomic mass is 32.1. The van der Waals surface area contributed by atoms with Crippen LogP contribution in [0.15, 0.2) is 4.99 Å². The maximum absolute atomic E-state index is 13.0. The van der Waals surface area contributed by atoms with E-state index in [1.165, 1.54) is 0 Å². The Kier molecular flexibility index (Phi) is 16.5. The molecule has 14 heteroatoms. The quantitative estimate of drug-likeness (QED) is 0.0421. The zero-order chi connectivity index (χ0) is 27.0. The van der Waals surface area contributed by atoms with Crippen molar-refractivity contribution < 1.29 is 24.3 Å². The number of carbonyl (C=O) groups excluding carboxylic acids is 3. The number of carboxylic acid groups (broad SMARTS) is 1. The number of guanidine groups is 1. The van der Waals surface area contributed by atoms with Crippen molar-refractivity contribution in [1.29, 1.82) is 0 Å². The summed E-state index contributed by atoms with van der Waals surface area (Å²) in [6, 6.07) is -4.05. The maximum atomic E-state index is 13.0. The number of nitrogens with two attached hydrogens (primary N) is 4.